The summed E-state index contributed by atoms with van der Waals surface area (Å²) >= 11 is 0. The number of carboxylic acid groups (broad SMARTS) is 1. The number of fused-ring (bicyclic) bond motifs is 3. The van der Waals surface area contributed by atoms with Crippen LogP contribution in [0.1, 0.15) is 46.3 Å². The molecule has 1 atom stereocenters. The van der Waals surface area contributed by atoms with Crippen molar-refractivity contribution in [3.8, 4) is 11.1 Å². The molecule has 0 saturated carbocycles. The van der Waals surface area contributed by atoms with Gasteiger partial charge in [0.05, 0.1) is 0 Å². The summed E-state index contributed by atoms with van der Waals surface area (Å²) in [7, 11) is 0. The summed E-state index contributed by atoms with van der Waals surface area (Å²) in [5.41, 5.74) is 6.07. The maximum atomic E-state index is 12.7. The summed E-state index contributed by atoms with van der Waals surface area (Å²) in [5.74, 6) is -1.47. The number of aliphatic carboxylic acids is 1. The number of hydrogen-bond acceptors (Lipinski definition) is 4. The molecule has 0 aromatic heterocycles. The number of carbonyl (C=O) groups is 3. The minimum Gasteiger partial charge on any atom is -0.481 e. The number of benzene rings is 3. The van der Waals surface area contributed by atoms with Crippen molar-refractivity contribution in [2.24, 2.45) is 5.92 Å². The second-order valence-corrected chi connectivity index (χ2v) is 8.84. The van der Waals surface area contributed by atoms with E-state index in [1.807, 2.05) is 24.3 Å². The number of nitrogens with one attached hydrogen (secondary N) is 2. The molecule has 7 nitrogen and oxygen atoms in total. The van der Waals surface area contributed by atoms with Gasteiger partial charge in [-0.25, -0.2) is 4.79 Å². The highest BCUT2D eigenvalue weighted by molar-refractivity contribution is 5.98. The smallest absolute Gasteiger partial charge is 0.411 e. The molecule has 0 fully saturated rings. The number of rotatable bonds is 8. The maximum absolute atomic E-state index is 12.7. The summed E-state index contributed by atoms with van der Waals surface area (Å²) in [6, 6.07) is 21.3. The lowest BCUT2D eigenvalue weighted by Gasteiger charge is -2.16. The summed E-state index contributed by atoms with van der Waals surface area (Å²) in [6.07, 6.45) is -0.620. The first-order valence-corrected chi connectivity index (χ1v) is 11.6. The Labute approximate surface area is 204 Å². The van der Waals surface area contributed by atoms with E-state index in [4.69, 9.17) is 9.84 Å². The van der Waals surface area contributed by atoms with Crippen LogP contribution < -0.4 is 10.6 Å². The molecule has 4 rings (SSSR count). The van der Waals surface area contributed by atoms with Gasteiger partial charge >= 0.3 is 12.1 Å². The zero-order chi connectivity index (χ0) is 24.9. The van der Waals surface area contributed by atoms with Gasteiger partial charge in [-0.1, -0.05) is 61.5 Å². The predicted octanol–water partition coefficient (Wildman–Crippen LogP) is 5.20. The lowest BCUT2D eigenvalue weighted by molar-refractivity contribution is -0.137. The van der Waals surface area contributed by atoms with Crippen molar-refractivity contribution in [2.45, 2.75) is 26.2 Å². The highest BCUT2D eigenvalue weighted by Gasteiger charge is 2.29. The predicted molar refractivity (Wildman–Crippen MR) is 134 cm³/mol. The van der Waals surface area contributed by atoms with E-state index in [9.17, 15) is 14.4 Å². The van der Waals surface area contributed by atoms with Crippen LogP contribution in [0.3, 0.4) is 0 Å². The normalized spacial score (nSPS) is 12.9. The Morgan fingerprint density at radius 2 is 1.57 bits per heavy atom. The Kier molecular flexibility index (Phi) is 7.15. The molecule has 35 heavy (non-hydrogen) atoms. The molecule has 3 aromatic carbocycles. The molecule has 0 radical (unpaired) electrons. The van der Waals surface area contributed by atoms with E-state index in [1.54, 1.807) is 32.0 Å². The van der Waals surface area contributed by atoms with Crippen molar-refractivity contribution in [1.82, 2.24) is 5.32 Å². The molecule has 0 spiro atoms. The summed E-state index contributed by atoms with van der Waals surface area (Å²) in [4.78, 5) is 36.1. The van der Waals surface area contributed by atoms with Crippen LogP contribution >= 0.6 is 0 Å². The van der Waals surface area contributed by atoms with Gasteiger partial charge in [-0.05, 0) is 52.8 Å². The number of carboxylic acids is 1. The fourth-order valence-electron chi connectivity index (χ4n) is 4.49. The fraction of sp³-hybridized carbons (Fsp3) is 0.250. The van der Waals surface area contributed by atoms with Gasteiger partial charge < -0.3 is 15.2 Å². The van der Waals surface area contributed by atoms with Gasteiger partial charge in [0.15, 0.2) is 0 Å². The molecule has 1 unspecified atom stereocenters. The van der Waals surface area contributed by atoms with Gasteiger partial charge in [0.25, 0.3) is 5.91 Å². The van der Waals surface area contributed by atoms with Crippen molar-refractivity contribution >= 4 is 23.7 Å². The first-order chi connectivity index (χ1) is 16.8. The van der Waals surface area contributed by atoms with Crippen LogP contribution in [-0.4, -0.2) is 36.2 Å². The van der Waals surface area contributed by atoms with Gasteiger partial charge in [-0.15, -0.1) is 0 Å². The number of amides is 2. The molecule has 2 amide bonds. The monoisotopic (exact) mass is 472 g/mol. The molecule has 0 heterocycles. The van der Waals surface area contributed by atoms with Gasteiger partial charge in [-0.3, -0.25) is 14.9 Å². The van der Waals surface area contributed by atoms with Crippen molar-refractivity contribution in [2.75, 3.05) is 18.5 Å². The van der Waals surface area contributed by atoms with Crippen LogP contribution in [0.4, 0.5) is 10.5 Å². The Morgan fingerprint density at radius 1 is 0.943 bits per heavy atom. The van der Waals surface area contributed by atoms with Crippen LogP contribution in [0.2, 0.25) is 0 Å². The molecule has 180 valence electrons. The van der Waals surface area contributed by atoms with Crippen molar-refractivity contribution in [3.63, 3.8) is 0 Å². The van der Waals surface area contributed by atoms with Gasteiger partial charge in [0.2, 0.25) is 0 Å². The van der Waals surface area contributed by atoms with E-state index in [0.29, 0.717) is 16.8 Å². The summed E-state index contributed by atoms with van der Waals surface area (Å²) in [6.45, 7) is 3.94. The first kappa shape index (κ1) is 24.0. The van der Waals surface area contributed by atoms with Crippen LogP contribution in [0.15, 0.2) is 66.7 Å². The summed E-state index contributed by atoms with van der Waals surface area (Å²) < 4.78 is 5.61. The average molecular weight is 473 g/mol. The maximum Gasteiger partial charge on any atom is 0.411 e. The van der Waals surface area contributed by atoms with E-state index in [2.05, 4.69) is 34.9 Å². The number of anilines is 1. The van der Waals surface area contributed by atoms with Gasteiger partial charge in [0.1, 0.15) is 6.61 Å². The SMILES string of the molecule is Cc1c(NC(=O)OCC2c3ccccc3-c3ccccc32)cccc1C(=O)NCC(C)CC(=O)O. The Bertz CT molecular complexity index is 1220. The minimum atomic E-state index is -0.905. The van der Waals surface area contributed by atoms with E-state index in [0.717, 1.165) is 22.3 Å². The molecule has 1 aliphatic carbocycles. The molecule has 1 aliphatic rings. The second kappa shape index (κ2) is 10.4. The van der Waals surface area contributed by atoms with Crippen molar-refractivity contribution in [1.29, 1.82) is 0 Å². The quantitative estimate of drug-likeness (QED) is 0.418. The van der Waals surface area contributed by atoms with E-state index in [-0.39, 0.29) is 37.3 Å². The minimum absolute atomic E-state index is 0.0252. The molecule has 7 heteroatoms. The topological polar surface area (TPSA) is 105 Å². The molecule has 3 N–H and O–H groups in total. The van der Waals surface area contributed by atoms with Crippen molar-refractivity contribution < 1.29 is 24.2 Å². The van der Waals surface area contributed by atoms with E-state index < -0.39 is 12.1 Å². The fourth-order valence-corrected chi connectivity index (χ4v) is 4.49. The molecule has 0 aliphatic heterocycles. The molecule has 0 saturated heterocycles. The molecule has 0 bridgehead atoms. The van der Waals surface area contributed by atoms with E-state index >= 15 is 0 Å². The standard InChI is InChI=1S/C28H28N2O5/c1-17(14-26(31)32)15-29-27(33)19-12-7-13-25(18(19)2)30-28(34)35-16-24-22-10-5-3-8-20(22)21-9-4-6-11-23(21)24/h3-13,17,24H,14-16H2,1-2H3,(H,29,33)(H,30,34)(H,31,32). The molecular formula is C28H28N2O5. The largest absolute Gasteiger partial charge is 0.481 e. The zero-order valence-electron chi connectivity index (χ0n) is 19.7. The first-order valence-electron chi connectivity index (χ1n) is 11.6. The Morgan fingerprint density at radius 3 is 2.20 bits per heavy atom. The van der Waals surface area contributed by atoms with Crippen molar-refractivity contribution in [3.05, 3.63) is 89.0 Å². The number of ether oxygens (including phenoxy) is 1. The third kappa shape index (κ3) is 5.35. The number of hydrogen-bond donors (Lipinski definition) is 3. The van der Waals surface area contributed by atoms with Crippen LogP contribution in [0.25, 0.3) is 11.1 Å². The van der Waals surface area contributed by atoms with Crippen LogP contribution in [0.5, 0.6) is 0 Å². The van der Waals surface area contributed by atoms with Gasteiger partial charge in [-0.2, -0.15) is 0 Å². The van der Waals surface area contributed by atoms with Crippen LogP contribution in [0, 0.1) is 12.8 Å². The highest BCUT2D eigenvalue weighted by Crippen LogP contribution is 2.44. The van der Waals surface area contributed by atoms with Gasteiger partial charge in [0, 0.05) is 30.1 Å². The third-order valence-corrected chi connectivity index (χ3v) is 6.29. The Hall–Kier alpha value is -4.13. The van der Waals surface area contributed by atoms with E-state index in [1.165, 1.54) is 0 Å². The lowest BCUT2D eigenvalue weighted by atomic mass is 9.98. The van der Waals surface area contributed by atoms with Crippen LogP contribution in [-0.2, 0) is 9.53 Å². The summed E-state index contributed by atoms with van der Waals surface area (Å²) in [5, 5.41) is 14.4. The number of carbonyl (C=O) groups excluding carboxylic acids is 2. The highest BCUT2D eigenvalue weighted by atomic mass is 16.5. The molecular weight excluding hydrogens is 444 g/mol. The Balaban J connectivity index is 1.39. The molecule has 3 aromatic rings. The lowest BCUT2D eigenvalue weighted by Crippen LogP contribution is -2.30. The second-order valence-electron chi connectivity index (χ2n) is 8.84. The average Bonchev–Trinajstić information content (AvgIpc) is 3.16. The third-order valence-electron chi connectivity index (χ3n) is 6.29. The zero-order valence-corrected chi connectivity index (χ0v) is 19.7.